The molecule has 6 nitrogen and oxygen atoms in total. The lowest BCUT2D eigenvalue weighted by molar-refractivity contribution is -0.906. The van der Waals surface area contributed by atoms with E-state index >= 15 is 0 Å². The van der Waals surface area contributed by atoms with Gasteiger partial charge in [-0.05, 0) is 34.4 Å². The Bertz CT molecular complexity index is 1670. The topological polar surface area (TPSA) is 36.1 Å². The number of fused-ring (bicyclic) bond motifs is 10. The highest BCUT2D eigenvalue weighted by atomic mass is 127. The molecule has 9 rings (SSSR count). The highest BCUT2D eigenvalue weighted by Crippen LogP contribution is 2.69. The van der Waals surface area contributed by atoms with Gasteiger partial charge in [0.1, 0.15) is 5.41 Å². The number of nitrogens with zero attached hydrogens (tertiary/aromatic N) is 3. The number of quaternary nitrogens is 3. The lowest BCUT2D eigenvalue weighted by Crippen LogP contribution is -3.00. The molecule has 3 N–H and O–H groups in total. The van der Waals surface area contributed by atoms with E-state index in [9.17, 15) is 0 Å². The van der Waals surface area contributed by atoms with Crippen LogP contribution in [0.2, 0.25) is 0 Å². The third-order valence-electron chi connectivity index (χ3n) is 13.2. The minimum absolute atomic E-state index is 0. The molecule has 242 valence electrons. The first-order chi connectivity index (χ1) is 20.0. The Labute approximate surface area is 320 Å². The van der Waals surface area contributed by atoms with E-state index in [0.717, 1.165) is 19.9 Å². The van der Waals surface area contributed by atoms with Gasteiger partial charge in [-0.25, -0.2) is 0 Å². The number of rotatable bonds is 2. The summed E-state index contributed by atoms with van der Waals surface area (Å²) in [6, 6.07) is 25.9. The summed E-state index contributed by atoms with van der Waals surface area (Å²) in [6.45, 7) is 3.55. The van der Waals surface area contributed by atoms with Gasteiger partial charge in [0.15, 0.2) is 18.5 Å². The van der Waals surface area contributed by atoms with Crippen LogP contribution in [0.4, 0.5) is 17.1 Å². The minimum Gasteiger partial charge on any atom is -1.00 e. The third-order valence-corrected chi connectivity index (χ3v) is 13.2. The average Bonchev–Trinajstić information content (AvgIpc) is 3.76. The summed E-state index contributed by atoms with van der Waals surface area (Å²) in [4.78, 5) is 0. The van der Waals surface area contributed by atoms with Gasteiger partial charge in [-0.2, -0.15) is 0 Å². The van der Waals surface area contributed by atoms with Crippen molar-refractivity contribution >= 4 is 17.1 Å². The monoisotopic (exact) mass is 944 g/mol. The van der Waals surface area contributed by atoms with E-state index in [-0.39, 0.29) is 88.2 Å². The summed E-state index contributed by atoms with van der Waals surface area (Å²) in [6.07, 6.45) is 4.57. The Balaban J connectivity index is 0.00000119. The van der Waals surface area contributed by atoms with Crippen LogP contribution in [-0.2, 0) is 16.2 Å². The molecule has 0 bridgehead atoms. The van der Waals surface area contributed by atoms with E-state index in [4.69, 9.17) is 0 Å². The molecule has 0 radical (unpaired) electrons. The average molecular weight is 945 g/mol. The van der Waals surface area contributed by atoms with Crippen LogP contribution in [0.1, 0.15) is 41.5 Å². The summed E-state index contributed by atoms with van der Waals surface area (Å²) in [7, 11) is 14.7. The van der Waals surface area contributed by atoms with Crippen LogP contribution in [0.5, 0.6) is 0 Å². The van der Waals surface area contributed by atoms with Crippen molar-refractivity contribution in [3.05, 3.63) is 89.0 Å². The lowest BCUT2D eigenvalue weighted by Gasteiger charge is -2.47. The number of para-hydroxylation sites is 3. The molecule has 3 aromatic rings. The predicted octanol–water partition coefficient (Wildman–Crippen LogP) is -4.14. The second-order valence-corrected chi connectivity index (χ2v) is 16.1. The molecule has 3 fully saturated rings. The van der Waals surface area contributed by atoms with E-state index in [1.807, 2.05) is 0 Å². The van der Waals surface area contributed by atoms with Gasteiger partial charge in [-0.3, -0.25) is 0 Å². The van der Waals surface area contributed by atoms with Gasteiger partial charge >= 0.3 is 0 Å². The minimum atomic E-state index is -0.0523. The molecule has 6 aliphatic rings. The van der Waals surface area contributed by atoms with E-state index in [1.165, 1.54) is 60.7 Å². The normalized spacial score (nSPS) is 35.8. The Morgan fingerprint density at radius 3 is 1.60 bits per heavy atom. The van der Waals surface area contributed by atoms with E-state index < -0.39 is 0 Å². The number of hydrogen-bond acceptors (Lipinski definition) is 3. The zero-order chi connectivity index (χ0) is 28.9. The first-order valence-electron chi connectivity index (χ1n) is 16.1. The summed E-state index contributed by atoms with van der Waals surface area (Å²) in [5.41, 5.74) is 10.2. The number of benzene rings is 3. The van der Waals surface area contributed by atoms with Crippen molar-refractivity contribution in [2.24, 2.45) is 0 Å². The first-order valence-corrected chi connectivity index (χ1v) is 16.1. The Morgan fingerprint density at radius 2 is 0.933 bits per heavy atom. The number of halogens is 3. The third kappa shape index (κ3) is 3.88. The van der Waals surface area contributed by atoms with Crippen LogP contribution >= 0.6 is 0 Å². The van der Waals surface area contributed by atoms with Crippen molar-refractivity contribution in [1.29, 1.82) is 0 Å². The van der Waals surface area contributed by atoms with Crippen LogP contribution in [0.25, 0.3) is 0 Å². The number of likely N-dealkylation sites (tertiary alicyclic amines) is 3. The molecule has 0 aliphatic carbocycles. The SMILES string of the molecule is C[N+]1(C)CCC2([C@]34CC[N+](C)(C)[C@H]3Nc3c([C@]56CC[N+](C)(C)[C@H]5Nc5ccccc56)cccc34)c3ccccc3N[C@H]21.[I-].[I-].[I-]. The van der Waals surface area contributed by atoms with Crippen molar-refractivity contribution in [2.75, 3.05) is 77.9 Å². The molecule has 6 atom stereocenters. The largest absolute Gasteiger partial charge is 1.00 e. The molecule has 6 heterocycles. The maximum atomic E-state index is 4.38. The van der Waals surface area contributed by atoms with Crippen LogP contribution < -0.4 is 87.9 Å². The van der Waals surface area contributed by atoms with Crippen LogP contribution in [0, 0.1) is 0 Å². The fourth-order valence-corrected chi connectivity index (χ4v) is 11.4. The summed E-state index contributed by atoms with van der Waals surface area (Å²) >= 11 is 0. The predicted molar refractivity (Wildman–Crippen MR) is 170 cm³/mol. The van der Waals surface area contributed by atoms with Crippen molar-refractivity contribution in [3.8, 4) is 0 Å². The molecule has 0 saturated carbocycles. The van der Waals surface area contributed by atoms with E-state index in [1.54, 1.807) is 11.1 Å². The summed E-state index contributed by atoms with van der Waals surface area (Å²) in [5.74, 6) is 0. The molecule has 9 heteroatoms. The maximum absolute atomic E-state index is 4.38. The van der Waals surface area contributed by atoms with Crippen molar-refractivity contribution in [1.82, 2.24) is 0 Å². The lowest BCUT2D eigenvalue weighted by atomic mass is 9.54. The van der Waals surface area contributed by atoms with Gasteiger partial charge in [0.2, 0.25) is 0 Å². The highest BCUT2D eigenvalue weighted by molar-refractivity contribution is 5.77. The van der Waals surface area contributed by atoms with Gasteiger partial charge in [-0.15, -0.1) is 0 Å². The second kappa shape index (κ2) is 10.6. The smallest absolute Gasteiger partial charge is 0.176 e. The molecule has 3 aromatic carbocycles. The second-order valence-electron chi connectivity index (χ2n) is 16.1. The zero-order valence-corrected chi connectivity index (χ0v) is 33.8. The van der Waals surface area contributed by atoms with Gasteiger partial charge in [0.05, 0.1) is 72.8 Å². The molecule has 0 amide bonds. The van der Waals surface area contributed by atoms with Gasteiger partial charge in [0, 0.05) is 36.3 Å². The molecule has 6 aliphatic heterocycles. The standard InChI is InChI=1S/C36H47N6.3HI/c1-40(2)21-18-34(24-12-7-9-16-28(24)37-31(34)40)26-14-11-15-27-30(26)39-33-36(27,20-23-42(33,5)6)35-19-22-41(3,4)32(35)38-29-17-10-8-13-25(29)35;;;/h7-17,31-33,37-39H,18-23H2,1-6H3;3*1H/q+3;;;/p-3/t31-,32+,33-,34-,35?,36+;;;/m1.../s1. The number of anilines is 3. The molecular weight excluding hydrogens is 897 g/mol. The fraction of sp³-hybridized carbons (Fsp3) is 0.500. The summed E-state index contributed by atoms with van der Waals surface area (Å²) < 4.78 is 3.01. The molecule has 1 unspecified atom stereocenters. The van der Waals surface area contributed by atoms with Crippen LogP contribution in [0.3, 0.4) is 0 Å². The highest BCUT2D eigenvalue weighted by Gasteiger charge is 2.78. The number of hydrogen-bond donors (Lipinski definition) is 3. The number of nitrogens with one attached hydrogen (secondary N) is 3. The van der Waals surface area contributed by atoms with Crippen molar-refractivity contribution < 1.29 is 85.4 Å². The van der Waals surface area contributed by atoms with Gasteiger partial charge in [-0.1, -0.05) is 54.6 Å². The zero-order valence-electron chi connectivity index (χ0n) is 27.3. The number of likely N-dealkylation sites (N-methyl/N-ethyl adjacent to an activating group) is 3. The van der Waals surface area contributed by atoms with E-state index in [2.05, 4.69) is 125 Å². The molecule has 0 aromatic heterocycles. The molecule has 45 heavy (non-hydrogen) atoms. The maximum Gasteiger partial charge on any atom is 0.176 e. The molecular formula is C36H47I3N6. The van der Waals surface area contributed by atoms with E-state index in [0.29, 0.717) is 18.5 Å². The summed E-state index contributed by atoms with van der Waals surface area (Å²) in [5, 5.41) is 12.5. The fourth-order valence-electron chi connectivity index (χ4n) is 11.4. The van der Waals surface area contributed by atoms with Gasteiger partial charge in [0.25, 0.3) is 0 Å². The first kappa shape index (κ1) is 34.0. The van der Waals surface area contributed by atoms with Crippen LogP contribution in [0.15, 0.2) is 66.7 Å². The Kier molecular flexibility index (Phi) is 7.98. The Hall–Kier alpha value is -0.870. The van der Waals surface area contributed by atoms with Crippen molar-refractivity contribution in [2.45, 2.75) is 54.0 Å². The Morgan fingerprint density at radius 1 is 0.489 bits per heavy atom. The van der Waals surface area contributed by atoms with Crippen molar-refractivity contribution in [3.63, 3.8) is 0 Å². The van der Waals surface area contributed by atoms with Crippen LogP contribution in [-0.4, -0.2) is 93.9 Å². The molecule has 0 spiro atoms. The quantitative estimate of drug-likeness (QED) is 0.181. The molecule has 3 saturated heterocycles. The van der Waals surface area contributed by atoms with Gasteiger partial charge < -0.3 is 101 Å².